The van der Waals surface area contributed by atoms with Crippen molar-refractivity contribution in [2.75, 3.05) is 4.72 Å². The van der Waals surface area contributed by atoms with E-state index in [-0.39, 0.29) is 4.90 Å². The van der Waals surface area contributed by atoms with Crippen molar-refractivity contribution in [1.82, 2.24) is 0 Å². The van der Waals surface area contributed by atoms with Crippen LogP contribution in [-0.4, -0.2) is 29.3 Å². The van der Waals surface area contributed by atoms with Crippen molar-refractivity contribution in [2.45, 2.75) is 11.8 Å². The van der Waals surface area contributed by atoms with Crippen LogP contribution in [0.15, 0.2) is 41.3 Å². The second-order valence-electron chi connectivity index (χ2n) is 5.13. The molecule has 2 rings (SSSR count). The van der Waals surface area contributed by atoms with E-state index in [1.54, 1.807) is 6.92 Å². The molecule has 12 heteroatoms. The van der Waals surface area contributed by atoms with Gasteiger partial charge in [-0.25, -0.2) is 13.2 Å². The smallest absolute Gasteiger partial charge is 0.338 e. The number of nitro groups is 2. The van der Waals surface area contributed by atoms with Crippen molar-refractivity contribution < 1.29 is 28.2 Å². The van der Waals surface area contributed by atoms with Gasteiger partial charge in [-0.3, -0.25) is 25.0 Å². The Hall–Kier alpha value is -3.54. The fourth-order valence-electron chi connectivity index (χ4n) is 2.05. The van der Waals surface area contributed by atoms with E-state index < -0.39 is 48.5 Å². The Balaban J connectivity index is 2.67. The summed E-state index contributed by atoms with van der Waals surface area (Å²) in [5.74, 6) is -1.77. The number of benzene rings is 2. The lowest BCUT2D eigenvalue weighted by atomic mass is 10.1. The molecular weight excluding hydrogens is 370 g/mol. The minimum absolute atomic E-state index is 0.257. The van der Waals surface area contributed by atoms with Gasteiger partial charge in [-0.2, -0.15) is 0 Å². The minimum atomic E-state index is -4.36. The van der Waals surface area contributed by atoms with Crippen LogP contribution in [0.5, 0.6) is 0 Å². The van der Waals surface area contributed by atoms with Crippen molar-refractivity contribution in [1.29, 1.82) is 0 Å². The fraction of sp³-hybridized carbons (Fsp3) is 0.0714. The fourth-order valence-corrected chi connectivity index (χ4v) is 3.14. The summed E-state index contributed by atoms with van der Waals surface area (Å²) in [4.78, 5) is 31.0. The molecule has 0 aliphatic carbocycles. The topological polar surface area (TPSA) is 170 Å². The number of hydrogen-bond acceptors (Lipinski definition) is 7. The van der Waals surface area contributed by atoms with Gasteiger partial charge in [0.1, 0.15) is 5.69 Å². The first-order valence-corrected chi connectivity index (χ1v) is 8.31. The van der Waals surface area contributed by atoms with E-state index >= 15 is 0 Å². The maximum Gasteiger partial charge on any atom is 0.338 e. The summed E-state index contributed by atoms with van der Waals surface area (Å²) in [5, 5.41) is 31.2. The number of non-ortho nitro benzene ring substituents is 1. The van der Waals surface area contributed by atoms with Gasteiger partial charge in [-0.1, -0.05) is 17.7 Å². The monoisotopic (exact) mass is 381 g/mol. The van der Waals surface area contributed by atoms with Crippen molar-refractivity contribution in [3.8, 4) is 0 Å². The van der Waals surface area contributed by atoms with E-state index in [4.69, 9.17) is 0 Å². The zero-order chi connectivity index (χ0) is 19.6. The molecular formula is C14H11N3O8S. The van der Waals surface area contributed by atoms with Crippen LogP contribution in [-0.2, 0) is 10.0 Å². The first-order valence-electron chi connectivity index (χ1n) is 6.82. The highest BCUT2D eigenvalue weighted by Gasteiger charge is 2.30. The zero-order valence-electron chi connectivity index (χ0n) is 13.1. The summed E-state index contributed by atoms with van der Waals surface area (Å²) in [7, 11) is -4.36. The van der Waals surface area contributed by atoms with Crippen LogP contribution in [0.1, 0.15) is 15.9 Å². The molecule has 0 heterocycles. The van der Waals surface area contributed by atoms with E-state index in [1.165, 1.54) is 24.3 Å². The van der Waals surface area contributed by atoms with Crippen LogP contribution in [0.25, 0.3) is 0 Å². The predicted molar refractivity (Wildman–Crippen MR) is 88.7 cm³/mol. The van der Waals surface area contributed by atoms with Gasteiger partial charge in [0.05, 0.1) is 26.4 Å². The van der Waals surface area contributed by atoms with Crippen LogP contribution < -0.4 is 4.72 Å². The Bertz CT molecular complexity index is 980. The maximum atomic E-state index is 12.4. The highest BCUT2D eigenvalue weighted by Crippen LogP contribution is 2.35. The van der Waals surface area contributed by atoms with Gasteiger partial charge in [-0.15, -0.1) is 0 Å². The molecule has 0 fully saturated rings. The number of carboxylic acids is 1. The Labute approximate surface area is 146 Å². The van der Waals surface area contributed by atoms with E-state index in [2.05, 4.69) is 0 Å². The van der Waals surface area contributed by atoms with E-state index in [0.29, 0.717) is 12.1 Å². The lowest BCUT2D eigenvalue weighted by Crippen LogP contribution is -2.17. The first kappa shape index (κ1) is 18.8. The van der Waals surface area contributed by atoms with Gasteiger partial charge in [0.15, 0.2) is 0 Å². The molecule has 0 spiro atoms. The summed E-state index contributed by atoms with van der Waals surface area (Å²) >= 11 is 0. The summed E-state index contributed by atoms with van der Waals surface area (Å²) in [6, 6.07) is 6.46. The summed E-state index contributed by atoms with van der Waals surface area (Å²) < 4.78 is 26.7. The Morgan fingerprint density at radius 2 is 1.65 bits per heavy atom. The van der Waals surface area contributed by atoms with Crippen molar-refractivity contribution in [3.05, 3.63) is 67.8 Å². The van der Waals surface area contributed by atoms with E-state index in [1.807, 2.05) is 4.72 Å². The molecule has 0 aliphatic heterocycles. The third-order valence-corrected chi connectivity index (χ3v) is 4.67. The quantitative estimate of drug-likeness (QED) is 0.567. The number of carbonyl (C=O) groups is 1. The molecule has 0 amide bonds. The molecule has 0 atom stereocenters. The molecule has 0 aromatic heterocycles. The molecule has 2 N–H and O–H groups in total. The predicted octanol–water partition coefficient (Wildman–Crippen LogP) is 2.31. The number of aryl methyl sites for hydroxylation is 1. The van der Waals surface area contributed by atoms with E-state index in [0.717, 1.165) is 5.56 Å². The number of rotatable bonds is 6. The average Bonchev–Trinajstić information content (AvgIpc) is 2.54. The minimum Gasteiger partial charge on any atom is -0.478 e. The Morgan fingerprint density at radius 3 is 2.12 bits per heavy atom. The molecule has 0 aliphatic rings. The van der Waals surface area contributed by atoms with Gasteiger partial charge in [-0.05, 0) is 19.1 Å². The van der Waals surface area contributed by atoms with E-state index in [9.17, 15) is 38.5 Å². The van der Waals surface area contributed by atoms with Gasteiger partial charge < -0.3 is 5.11 Å². The normalized spacial score (nSPS) is 11.0. The summed E-state index contributed by atoms with van der Waals surface area (Å²) in [6.45, 7) is 1.72. The molecule has 0 radical (unpaired) electrons. The lowest BCUT2D eigenvalue weighted by molar-refractivity contribution is -0.393. The second-order valence-corrected chi connectivity index (χ2v) is 6.81. The molecule has 0 saturated heterocycles. The molecule has 11 nitrogen and oxygen atoms in total. The zero-order valence-corrected chi connectivity index (χ0v) is 13.9. The highest BCUT2D eigenvalue weighted by atomic mass is 32.2. The summed E-state index contributed by atoms with van der Waals surface area (Å²) in [6.07, 6.45) is 0. The molecule has 0 bridgehead atoms. The number of nitrogens with zero attached hydrogens (tertiary/aromatic N) is 2. The number of nitro benzene ring substituents is 2. The van der Waals surface area contributed by atoms with Crippen LogP contribution in [0.2, 0.25) is 0 Å². The van der Waals surface area contributed by atoms with Crippen LogP contribution in [0.3, 0.4) is 0 Å². The number of carboxylic acid groups (broad SMARTS) is 1. The molecule has 136 valence electrons. The molecule has 26 heavy (non-hydrogen) atoms. The molecule has 0 unspecified atom stereocenters. The second kappa shape index (κ2) is 6.76. The van der Waals surface area contributed by atoms with Crippen molar-refractivity contribution >= 4 is 33.1 Å². The Morgan fingerprint density at radius 1 is 1.08 bits per heavy atom. The number of nitrogens with one attached hydrogen (secondary N) is 1. The maximum absolute atomic E-state index is 12.4. The SMILES string of the molecule is Cc1ccc(S(=O)(=O)Nc2c(C(=O)O)cc([N+](=O)[O-])cc2[N+](=O)[O-])cc1. The van der Waals surface area contributed by atoms with Crippen LogP contribution in [0.4, 0.5) is 17.1 Å². The average molecular weight is 381 g/mol. The van der Waals surface area contributed by atoms with Gasteiger partial charge in [0.2, 0.25) is 0 Å². The first-order chi connectivity index (χ1) is 12.0. The van der Waals surface area contributed by atoms with Gasteiger partial charge >= 0.3 is 11.7 Å². The molecule has 2 aromatic carbocycles. The highest BCUT2D eigenvalue weighted by molar-refractivity contribution is 7.92. The lowest BCUT2D eigenvalue weighted by Gasteiger charge is -2.11. The third-order valence-electron chi connectivity index (χ3n) is 3.31. The standard InChI is InChI=1S/C14H11N3O8S/c1-8-2-4-10(5-3-8)26(24,25)15-13-11(14(18)19)6-9(16(20)21)7-12(13)17(22)23/h2-7,15H,1H3,(H,18,19). The van der Waals surface area contributed by atoms with Crippen LogP contribution in [0, 0.1) is 27.2 Å². The summed E-state index contributed by atoms with van der Waals surface area (Å²) in [5.41, 5.74) is -2.92. The molecule has 0 saturated carbocycles. The van der Waals surface area contributed by atoms with Gasteiger partial charge in [0.25, 0.3) is 15.7 Å². The number of hydrogen-bond donors (Lipinski definition) is 2. The number of aromatic carboxylic acids is 1. The number of anilines is 1. The number of sulfonamides is 1. The Kier molecular flexibility index (Phi) is 4.88. The molecule has 2 aromatic rings. The van der Waals surface area contributed by atoms with Crippen molar-refractivity contribution in [3.63, 3.8) is 0 Å². The van der Waals surface area contributed by atoms with Gasteiger partial charge in [0, 0.05) is 6.07 Å². The largest absolute Gasteiger partial charge is 0.478 e. The third kappa shape index (κ3) is 3.75. The van der Waals surface area contributed by atoms with Crippen LogP contribution >= 0.6 is 0 Å². The van der Waals surface area contributed by atoms with Crippen molar-refractivity contribution in [2.24, 2.45) is 0 Å².